The Labute approximate surface area is 245 Å². The molecule has 1 aromatic heterocycles. The van der Waals surface area contributed by atoms with Gasteiger partial charge in [0, 0.05) is 18.3 Å². The minimum atomic E-state index is -4.21. The molecule has 0 amide bonds. The van der Waals surface area contributed by atoms with Crippen LogP contribution in [-0.4, -0.2) is 58.6 Å². The normalized spacial score (nSPS) is 26.9. The summed E-state index contributed by atoms with van der Waals surface area (Å²) in [6.07, 6.45) is -0.518. The van der Waals surface area contributed by atoms with E-state index in [1.54, 1.807) is 6.92 Å². The smallest absolute Gasteiger partial charge is 0.333 e. The van der Waals surface area contributed by atoms with Crippen LogP contribution in [0.3, 0.4) is 0 Å². The lowest BCUT2D eigenvalue weighted by Crippen LogP contribution is -2.59. The van der Waals surface area contributed by atoms with Crippen LogP contribution in [-0.2, 0) is 34.4 Å². The van der Waals surface area contributed by atoms with Gasteiger partial charge in [0.1, 0.15) is 12.2 Å². The van der Waals surface area contributed by atoms with Gasteiger partial charge in [0.05, 0.1) is 17.7 Å². The highest BCUT2D eigenvalue weighted by Gasteiger charge is 2.67. The van der Waals surface area contributed by atoms with Gasteiger partial charge in [-0.25, -0.2) is 8.98 Å². The van der Waals surface area contributed by atoms with E-state index in [4.69, 9.17) is 23.5 Å². The number of allylic oxidation sites excluding steroid dienone is 1. The maximum atomic E-state index is 13.7. The Balaban J connectivity index is 2.30. The quantitative estimate of drug-likeness (QED) is 0.259. The monoisotopic (exact) mass is 629 g/mol. The van der Waals surface area contributed by atoms with Gasteiger partial charge in [-0.2, -0.15) is 8.42 Å². The van der Waals surface area contributed by atoms with Gasteiger partial charge in [-0.1, -0.05) is 47.6 Å². The lowest BCUT2D eigenvalue weighted by molar-refractivity contribution is -0.0567. The Hall–Kier alpha value is -1.82. The SMILES string of the molecule is C=CCn1c(=O)c(C)cn(C2OC(CO[Si](C)(C)C(C)(C)C)C3(OS(=O)(=O)C=C3N)C2O[Si](C)(C)C(C)(C)C)c1=O. The number of rotatable bonds is 8. The highest BCUT2D eigenvalue weighted by Crippen LogP contribution is 2.52. The molecule has 1 spiro atoms. The van der Waals surface area contributed by atoms with Crippen LogP contribution in [0.25, 0.3) is 0 Å². The fourth-order valence-electron chi connectivity index (χ4n) is 4.44. The molecule has 1 saturated heterocycles. The molecular weight excluding hydrogens is 583 g/mol. The van der Waals surface area contributed by atoms with Gasteiger partial charge in [-0.3, -0.25) is 13.9 Å². The molecule has 0 saturated carbocycles. The van der Waals surface area contributed by atoms with Gasteiger partial charge in [0.25, 0.3) is 15.7 Å². The summed E-state index contributed by atoms with van der Waals surface area (Å²) >= 11 is 0. The predicted molar refractivity (Wildman–Crippen MR) is 164 cm³/mol. The van der Waals surface area contributed by atoms with Crippen LogP contribution in [0.5, 0.6) is 0 Å². The first-order valence-electron chi connectivity index (χ1n) is 13.8. The summed E-state index contributed by atoms with van der Waals surface area (Å²) < 4.78 is 53.9. The standard InChI is InChI=1S/C27H47N3O8SSi2/c1-13-14-29-22(31)18(2)15-30(24(29)32)23-21(37-41(11,12)26(6,7)8)27(19(28)17-39(33,34)38-27)20(36-23)16-35-40(9,10)25(3,4)5/h13,15,17,20-21,23H,1,14,16,28H2,2-12H3. The van der Waals surface area contributed by atoms with Crippen LogP contribution in [0.15, 0.2) is 39.5 Å². The molecule has 2 aliphatic heterocycles. The first-order valence-corrected chi connectivity index (χ1v) is 21.0. The molecule has 3 heterocycles. The second-order valence-electron chi connectivity index (χ2n) is 14.0. The molecule has 2 aliphatic rings. The zero-order valence-electron chi connectivity index (χ0n) is 26.2. The number of aryl methyl sites for hydroxylation is 1. The third-order valence-electron chi connectivity index (χ3n) is 9.02. The fraction of sp³-hybridized carbons (Fsp3) is 0.704. The lowest BCUT2D eigenvalue weighted by Gasteiger charge is -2.43. The Morgan fingerprint density at radius 3 is 2.12 bits per heavy atom. The number of hydrogen-bond acceptors (Lipinski definition) is 9. The molecule has 3 rings (SSSR count). The van der Waals surface area contributed by atoms with Crippen LogP contribution < -0.4 is 17.0 Å². The number of aromatic nitrogens is 2. The minimum Gasteiger partial charge on any atom is -0.414 e. The predicted octanol–water partition coefficient (Wildman–Crippen LogP) is 3.71. The van der Waals surface area contributed by atoms with Gasteiger partial charge in [0.2, 0.25) is 0 Å². The van der Waals surface area contributed by atoms with E-state index >= 15 is 0 Å². The summed E-state index contributed by atoms with van der Waals surface area (Å²) in [7, 11) is -9.23. The van der Waals surface area contributed by atoms with Crippen molar-refractivity contribution in [2.75, 3.05) is 6.61 Å². The highest BCUT2D eigenvalue weighted by atomic mass is 32.2. The molecule has 0 bridgehead atoms. The van der Waals surface area contributed by atoms with Crippen molar-refractivity contribution in [2.45, 2.75) is 115 Å². The van der Waals surface area contributed by atoms with Gasteiger partial charge in [-0.05, 0) is 43.2 Å². The van der Waals surface area contributed by atoms with E-state index in [1.807, 2.05) is 33.9 Å². The third kappa shape index (κ3) is 6.01. The summed E-state index contributed by atoms with van der Waals surface area (Å²) in [6.45, 7) is 25.7. The zero-order chi connectivity index (χ0) is 31.6. The minimum absolute atomic E-state index is 0.0181. The van der Waals surface area contributed by atoms with Crippen LogP contribution in [0.1, 0.15) is 53.3 Å². The second kappa shape index (κ2) is 10.7. The van der Waals surface area contributed by atoms with E-state index in [0.717, 1.165) is 9.98 Å². The van der Waals surface area contributed by atoms with E-state index in [-0.39, 0.29) is 28.9 Å². The molecule has 1 fully saturated rings. The Bertz CT molecular complexity index is 1450. The van der Waals surface area contributed by atoms with Crippen molar-refractivity contribution in [3.63, 3.8) is 0 Å². The molecule has 0 aromatic carbocycles. The Morgan fingerprint density at radius 1 is 1.10 bits per heavy atom. The van der Waals surface area contributed by atoms with Crippen molar-refractivity contribution in [1.29, 1.82) is 0 Å². The fourth-order valence-corrected chi connectivity index (χ4v) is 7.95. The third-order valence-corrected chi connectivity index (χ3v) is 19.0. The summed E-state index contributed by atoms with van der Waals surface area (Å²) in [5.41, 5.74) is 3.80. The number of nitrogens with zero attached hydrogens (tertiary/aromatic N) is 2. The molecular formula is C27H47N3O8SSi2. The van der Waals surface area contributed by atoms with E-state index < -0.39 is 62.0 Å². The average Bonchev–Trinajstić information content (AvgIpc) is 3.22. The summed E-state index contributed by atoms with van der Waals surface area (Å²) in [5, 5.41) is 0.438. The summed E-state index contributed by atoms with van der Waals surface area (Å²) in [5.74, 6) is 0. The molecule has 4 atom stereocenters. The largest absolute Gasteiger partial charge is 0.414 e. The van der Waals surface area contributed by atoms with Crippen molar-refractivity contribution in [3.05, 3.63) is 56.4 Å². The highest BCUT2D eigenvalue weighted by molar-refractivity contribution is 7.90. The molecule has 11 nitrogen and oxygen atoms in total. The maximum Gasteiger partial charge on any atom is 0.333 e. The van der Waals surface area contributed by atoms with Gasteiger partial charge >= 0.3 is 5.69 Å². The van der Waals surface area contributed by atoms with Crippen molar-refractivity contribution in [2.24, 2.45) is 5.73 Å². The van der Waals surface area contributed by atoms with E-state index in [1.165, 1.54) is 16.8 Å². The van der Waals surface area contributed by atoms with Crippen LogP contribution >= 0.6 is 0 Å². The maximum absolute atomic E-state index is 13.7. The van der Waals surface area contributed by atoms with Gasteiger partial charge < -0.3 is 19.3 Å². The van der Waals surface area contributed by atoms with Crippen LogP contribution in [0.2, 0.25) is 36.3 Å². The summed E-state index contributed by atoms with van der Waals surface area (Å²) in [4.78, 5) is 26.6. The van der Waals surface area contributed by atoms with Crippen molar-refractivity contribution in [3.8, 4) is 0 Å². The van der Waals surface area contributed by atoms with Gasteiger partial charge in [0.15, 0.2) is 28.5 Å². The lowest BCUT2D eigenvalue weighted by atomic mass is 9.89. The number of nitrogens with two attached hydrogens (primary N) is 1. The van der Waals surface area contributed by atoms with E-state index in [0.29, 0.717) is 5.56 Å². The second-order valence-corrected chi connectivity index (χ2v) is 25.0. The Kier molecular flexibility index (Phi) is 8.81. The zero-order valence-corrected chi connectivity index (χ0v) is 29.0. The topological polar surface area (TPSA) is 141 Å². The van der Waals surface area contributed by atoms with Crippen molar-refractivity contribution in [1.82, 2.24) is 9.13 Å². The molecule has 14 heteroatoms. The number of ether oxygens (including phenoxy) is 1. The Morgan fingerprint density at radius 2 is 1.66 bits per heavy atom. The van der Waals surface area contributed by atoms with Crippen molar-refractivity contribution >= 4 is 26.8 Å². The van der Waals surface area contributed by atoms with E-state index in [2.05, 4.69) is 40.4 Å². The van der Waals surface area contributed by atoms with Gasteiger partial charge in [-0.15, -0.1) is 6.58 Å². The van der Waals surface area contributed by atoms with E-state index in [9.17, 15) is 18.0 Å². The number of hydrogen-bond donors (Lipinski definition) is 1. The molecule has 41 heavy (non-hydrogen) atoms. The molecule has 4 unspecified atom stereocenters. The molecule has 2 N–H and O–H groups in total. The van der Waals surface area contributed by atoms with Crippen LogP contribution in [0.4, 0.5) is 0 Å². The molecule has 232 valence electrons. The first-order chi connectivity index (χ1) is 18.4. The molecule has 0 radical (unpaired) electrons. The van der Waals surface area contributed by atoms with Crippen LogP contribution in [0, 0.1) is 6.92 Å². The average molecular weight is 630 g/mol. The molecule has 1 aromatic rings. The summed E-state index contributed by atoms with van der Waals surface area (Å²) in [6, 6.07) is 0. The van der Waals surface area contributed by atoms with Crippen molar-refractivity contribution < 1.29 is 26.2 Å². The first kappa shape index (κ1) is 33.7. The molecule has 0 aliphatic carbocycles.